The number of ketones is 1. The summed E-state index contributed by atoms with van der Waals surface area (Å²) >= 11 is 0. The fourth-order valence-electron chi connectivity index (χ4n) is 5.50. The van der Waals surface area contributed by atoms with Crippen LogP contribution in [0.3, 0.4) is 0 Å². The molecule has 1 atom stereocenters. The molecule has 5 heteroatoms. The molecule has 1 aromatic heterocycles. The predicted octanol–water partition coefficient (Wildman–Crippen LogP) is 4.99. The summed E-state index contributed by atoms with van der Waals surface area (Å²) in [6.45, 7) is 7.30. The summed E-state index contributed by atoms with van der Waals surface area (Å²) in [5.41, 5.74) is 3.64. The van der Waals surface area contributed by atoms with Crippen LogP contribution in [0.25, 0.3) is 21.7 Å². The maximum Gasteiger partial charge on any atom is 0.196 e. The summed E-state index contributed by atoms with van der Waals surface area (Å²) in [5, 5.41) is 3.07. The molecule has 0 amide bonds. The Kier molecular flexibility index (Phi) is 5.16. The number of fused-ring (bicyclic) bond motifs is 1. The Morgan fingerprint density at radius 2 is 1.73 bits per heavy atom. The Morgan fingerprint density at radius 3 is 2.61 bits per heavy atom. The van der Waals surface area contributed by atoms with E-state index in [9.17, 15) is 4.79 Å². The van der Waals surface area contributed by atoms with Crippen LogP contribution in [0.5, 0.6) is 5.75 Å². The van der Waals surface area contributed by atoms with E-state index in [0.717, 1.165) is 83.5 Å². The number of nitrogens with zero attached hydrogens (tertiary/aromatic N) is 2. The number of hydrogen-bond acceptors (Lipinski definition) is 4. The minimum atomic E-state index is 0.0824. The van der Waals surface area contributed by atoms with Gasteiger partial charge >= 0.3 is 0 Å². The monoisotopic (exact) mass is 440 g/mol. The number of ether oxygens (including phenoxy) is 2. The molecular formula is C28H28N2O3. The maximum atomic E-state index is 14.0. The second kappa shape index (κ2) is 8.32. The Balaban J connectivity index is 1.43. The summed E-state index contributed by atoms with van der Waals surface area (Å²) in [5.74, 6) is 0.953. The van der Waals surface area contributed by atoms with Crippen molar-refractivity contribution in [2.24, 2.45) is 0 Å². The highest BCUT2D eigenvalue weighted by Crippen LogP contribution is 2.40. The lowest BCUT2D eigenvalue weighted by Crippen LogP contribution is -2.38. The fourth-order valence-corrected chi connectivity index (χ4v) is 5.50. The van der Waals surface area contributed by atoms with Gasteiger partial charge in [-0.3, -0.25) is 9.69 Å². The zero-order chi connectivity index (χ0) is 22.4. The molecule has 0 radical (unpaired) electrons. The van der Waals surface area contributed by atoms with Gasteiger partial charge in [-0.1, -0.05) is 54.6 Å². The van der Waals surface area contributed by atoms with Crippen LogP contribution < -0.4 is 4.74 Å². The molecule has 2 aliphatic heterocycles. The van der Waals surface area contributed by atoms with E-state index < -0.39 is 0 Å². The minimum Gasteiger partial charge on any atom is -0.489 e. The van der Waals surface area contributed by atoms with E-state index in [1.165, 1.54) is 0 Å². The van der Waals surface area contributed by atoms with Crippen molar-refractivity contribution < 1.29 is 14.3 Å². The molecule has 33 heavy (non-hydrogen) atoms. The van der Waals surface area contributed by atoms with Crippen LogP contribution in [0.4, 0.5) is 0 Å². The molecule has 5 nitrogen and oxygen atoms in total. The lowest BCUT2D eigenvalue weighted by Gasteiger charge is -2.31. The van der Waals surface area contributed by atoms with Gasteiger partial charge in [0.1, 0.15) is 12.4 Å². The highest BCUT2D eigenvalue weighted by molar-refractivity contribution is 6.22. The van der Waals surface area contributed by atoms with Crippen molar-refractivity contribution in [3.05, 3.63) is 77.5 Å². The lowest BCUT2D eigenvalue weighted by molar-refractivity contribution is 0.0344. The van der Waals surface area contributed by atoms with Crippen molar-refractivity contribution in [1.29, 1.82) is 0 Å². The third-order valence-electron chi connectivity index (χ3n) is 7.17. The van der Waals surface area contributed by atoms with Crippen LogP contribution in [-0.4, -0.2) is 54.7 Å². The molecule has 3 heterocycles. The van der Waals surface area contributed by atoms with Crippen molar-refractivity contribution >= 4 is 27.5 Å². The second-order valence-corrected chi connectivity index (χ2v) is 9.05. The number of carbonyl (C=O) groups excluding carboxylic acids is 1. The van der Waals surface area contributed by atoms with Gasteiger partial charge in [0, 0.05) is 36.3 Å². The zero-order valence-electron chi connectivity index (χ0n) is 18.9. The van der Waals surface area contributed by atoms with Crippen LogP contribution in [0.15, 0.2) is 60.7 Å². The first-order valence-electron chi connectivity index (χ1n) is 11.8. The Hall–Kier alpha value is -3.15. The van der Waals surface area contributed by atoms with Crippen molar-refractivity contribution in [2.75, 3.05) is 39.5 Å². The average molecular weight is 441 g/mol. The summed E-state index contributed by atoms with van der Waals surface area (Å²) in [6, 6.07) is 20.4. The maximum absolute atomic E-state index is 14.0. The minimum absolute atomic E-state index is 0.0824. The summed E-state index contributed by atoms with van der Waals surface area (Å²) < 4.78 is 14.1. The first-order chi connectivity index (χ1) is 16.2. The van der Waals surface area contributed by atoms with Gasteiger partial charge in [0.05, 0.1) is 30.3 Å². The molecule has 3 aromatic carbocycles. The molecular weight excluding hydrogens is 412 g/mol. The van der Waals surface area contributed by atoms with Crippen molar-refractivity contribution in [3.8, 4) is 5.75 Å². The Bertz CT molecular complexity index is 1350. The molecule has 0 spiro atoms. The van der Waals surface area contributed by atoms with Gasteiger partial charge in [0.2, 0.25) is 0 Å². The number of para-hydroxylation sites is 1. The van der Waals surface area contributed by atoms with Gasteiger partial charge < -0.3 is 14.0 Å². The quantitative estimate of drug-likeness (QED) is 0.410. The molecule has 0 aliphatic carbocycles. The number of morpholine rings is 1. The molecule has 1 fully saturated rings. The lowest BCUT2D eigenvalue weighted by atomic mass is 9.95. The third kappa shape index (κ3) is 3.43. The average Bonchev–Trinajstić information content (AvgIpc) is 3.17. The molecule has 168 valence electrons. The molecule has 6 rings (SSSR count). The number of carbonyl (C=O) groups is 1. The van der Waals surface area contributed by atoms with E-state index in [0.29, 0.717) is 6.61 Å². The van der Waals surface area contributed by atoms with Crippen molar-refractivity contribution in [2.45, 2.75) is 19.4 Å². The largest absolute Gasteiger partial charge is 0.489 e. The highest BCUT2D eigenvalue weighted by Gasteiger charge is 2.30. The predicted molar refractivity (Wildman–Crippen MR) is 130 cm³/mol. The topological polar surface area (TPSA) is 43.7 Å². The smallest absolute Gasteiger partial charge is 0.196 e. The standard InChI is InChI=1S/C28H28N2O3/c1-19-26(28(31)23-9-4-7-20-6-2-3-8-22(20)23)24-10-5-11-25-27(24)30(19)21(18-33-25)12-13-29-14-16-32-17-15-29/h2-11,21H,12-18H2,1H3/t21-/m1/s1. The molecule has 2 aliphatic rings. The van der Waals surface area contributed by atoms with Gasteiger partial charge in [0.25, 0.3) is 0 Å². The van der Waals surface area contributed by atoms with Gasteiger partial charge in [-0.2, -0.15) is 0 Å². The first-order valence-corrected chi connectivity index (χ1v) is 11.8. The van der Waals surface area contributed by atoms with Crippen LogP contribution in [0.2, 0.25) is 0 Å². The van der Waals surface area contributed by atoms with Crippen molar-refractivity contribution in [3.63, 3.8) is 0 Å². The van der Waals surface area contributed by atoms with Gasteiger partial charge in [-0.05, 0) is 30.2 Å². The number of aromatic nitrogens is 1. The number of rotatable bonds is 5. The summed E-state index contributed by atoms with van der Waals surface area (Å²) in [4.78, 5) is 16.5. The molecule has 1 saturated heterocycles. The number of hydrogen-bond donors (Lipinski definition) is 0. The van der Waals surface area contributed by atoms with Gasteiger partial charge in [-0.15, -0.1) is 0 Å². The van der Waals surface area contributed by atoms with E-state index in [-0.39, 0.29) is 11.8 Å². The van der Waals surface area contributed by atoms with E-state index in [1.54, 1.807) is 0 Å². The summed E-state index contributed by atoms with van der Waals surface area (Å²) in [6.07, 6.45) is 0.987. The molecule has 0 bridgehead atoms. The normalized spacial score (nSPS) is 18.5. The number of benzene rings is 3. The van der Waals surface area contributed by atoms with Crippen LogP contribution >= 0.6 is 0 Å². The Labute approximate surface area is 193 Å². The van der Waals surface area contributed by atoms with Crippen LogP contribution in [0, 0.1) is 6.92 Å². The molecule has 0 N–H and O–H groups in total. The summed E-state index contributed by atoms with van der Waals surface area (Å²) in [7, 11) is 0. The van der Waals surface area contributed by atoms with Crippen molar-refractivity contribution in [1.82, 2.24) is 9.47 Å². The van der Waals surface area contributed by atoms with Crippen LogP contribution in [0.1, 0.15) is 34.1 Å². The third-order valence-corrected chi connectivity index (χ3v) is 7.17. The molecule has 0 unspecified atom stereocenters. The van der Waals surface area contributed by atoms with Gasteiger partial charge in [-0.25, -0.2) is 0 Å². The fraction of sp³-hybridized carbons (Fsp3) is 0.321. The SMILES string of the molecule is Cc1c(C(=O)c2cccc3ccccc23)c2cccc3c2n1[C@H](CCN1CCOCC1)CO3. The first kappa shape index (κ1) is 20.5. The van der Waals surface area contributed by atoms with E-state index in [4.69, 9.17) is 9.47 Å². The highest BCUT2D eigenvalue weighted by atomic mass is 16.5. The zero-order valence-corrected chi connectivity index (χ0v) is 18.9. The van der Waals surface area contributed by atoms with E-state index in [2.05, 4.69) is 34.6 Å². The van der Waals surface area contributed by atoms with E-state index in [1.807, 2.05) is 42.5 Å². The van der Waals surface area contributed by atoms with Crippen LogP contribution in [-0.2, 0) is 4.74 Å². The molecule has 0 saturated carbocycles. The van der Waals surface area contributed by atoms with Gasteiger partial charge in [0.15, 0.2) is 5.78 Å². The second-order valence-electron chi connectivity index (χ2n) is 9.05. The Morgan fingerprint density at radius 1 is 0.970 bits per heavy atom. The van der Waals surface area contributed by atoms with E-state index >= 15 is 0 Å². The molecule has 4 aromatic rings.